The Morgan fingerprint density at radius 3 is 2.03 bits per heavy atom. The van der Waals surface area contributed by atoms with E-state index in [9.17, 15) is 33.6 Å². The van der Waals surface area contributed by atoms with E-state index in [1.54, 1.807) is 12.1 Å². The van der Waals surface area contributed by atoms with Crippen LogP contribution in [0.15, 0.2) is 60.7 Å². The summed E-state index contributed by atoms with van der Waals surface area (Å²) in [5, 5.41) is 56.0. The standard InChI is InChI=1S/C38H51ClN10O9S2/c1-57-58-59-47-27-19-25(13-15-29(27)50)31(52)21-49(22-32(53)26-14-16-30(51)28(20-26)48-60(2,55)56)18-6-4-8-24-11-9-23(10-12-24)7-3-5-17-43-38(42)46-37(54)33-35(40)45-36(41)34(39)44-33/h9-16,19-20,31-32,47-48,50-53H,3-8,17-18,21-22H2,1-2H3,(H4,40,41,45)(H3,42,43,46,54)/t31-,32-/m0/s1. The molecule has 60 heavy (non-hydrogen) atoms. The molecule has 0 fully saturated rings. The number of nitrogens with two attached hydrogens (primary N) is 2. The van der Waals surface area contributed by atoms with Crippen molar-refractivity contribution in [2.75, 3.05) is 60.5 Å². The lowest BCUT2D eigenvalue weighted by Gasteiger charge is -2.28. The summed E-state index contributed by atoms with van der Waals surface area (Å²) in [6.45, 7) is 1.17. The Labute approximate surface area is 357 Å². The Morgan fingerprint density at radius 1 is 0.883 bits per heavy atom. The second-order valence-electron chi connectivity index (χ2n) is 13.8. The second-order valence-corrected chi connectivity index (χ2v) is 16.4. The SMILES string of the molecule is COOSNc1cc([C@@H](O)CN(CCCCc2ccc(CCCCNC(=N)NC(=O)c3nc(Cl)c(N)nc3N)cc2)C[C@H](O)c2ccc(O)c(NS(C)(=O)=O)c2)ccc1O. The van der Waals surface area contributed by atoms with Gasteiger partial charge in [0.1, 0.15) is 23.7 Å². The highest BCUT2D eigenvalue weighted by atomic mass is 35.5. The van der Waals surface area contributed by atoms with Gasteiger partial charge in [-0.05, 0) is 91.6 Å². The van der Waals surface area contributed by atoms with Gasteiger partial charge in [0.25, 0.3) is 5.91 Å². The molecule has 4 aromatic rings. The summed E-state index contributed by atoms with van der Waals surface area (Å²) < 4.78 is 33.4. The van der Waals surface area contributed by atoms with Gasteiger partial charge < -0.3 is 41.9 Å². The number of nitrogens with one attached hydrogen (secondary N) is 5. The Morgan fingerprint density at radius 2 is 1.45 bits per heavy atom. The van der Waals surface area contributed by atoms with Gasteiger partial charge in [-0.15, -0.1) is 4.33 Å². The van der Waals surface area contributed by atoms with Crippen LogP contribution in [-0.4, -0.2) is 95.1 Å². The molecule has 0 radical (unpaired) electrons. The summed E-state index contributed by atoms with van der Waals surface area (Å²) in [6.07, 6.45) is 3.59. The number of aryl methyl sites for hydroxylation is 2. The monoisotopic (exact) mass is 890 g/mol. The lowest BCUT2D eigenvalue weighted by atomic mass is 10.0. The van der Waals surface area contributed by atoms with Crippen LogP contribution in [0.2, 0.25) is 5.15 Å². The number of carbonyl (C=O) groups is 1. The number of aliphatic hydroxyl groups is 2. The normalized spacial score (nSPS) is 12.5. The van der Waals surface area contributed by atoms with E-state index < -0.39 is 28.1 Å². The van der Waals surface area contributed by atoms with Crippen molar-refractivity contribution in [3.8, 4) is 11.5 Å². The van der Waals surface area contributed by atoms with Gasteiger partial charge in [-0.1, -0.05) is 48.0 Å². The van der Waals surface area contributed by atoms with Crippen LogP contribution in [0.4, 0.5) is 23.0 Å². The Balaban J connectivity index is 1.27. The summed E-state index contributed by atoms with van der Waals surface area (Å²) in [7, 11) is -2.36. The number of anilines is 4. The first-order valence-corrected chi connectivity index (χ1v) is 21.7. The predicted molar refractivity (Wildman–Crippen MR) is 232 cm³/mol. The molecule has 3 aromatic carbocycles. The summed E-state index contributed by atoms with van der Waals surface area (Å²) in [4.78, 5) is 26.4. The van der Waals surface area contributed by atoms with Crippen molar-refractivity contribution in [1.29, 1.82) is 5.41 Å². The fourth-order valence-electron chi connectivity index (χ4n) is 5.97. The number of aromatic hydroxyl groups is 2. The molecular weight excluding hydrogens is 840 g/mol. The number of rotatable bonds is 23. The molecule has 2 atom stereocenters. The van der Waals surface area contributed by atoms with Gasteiger partial charge in [-0.25, -0.2) is 23.3 Å². The molecule has 0 spiro atoms. The van der Waals surface area contributed by atoms with E-state index in [0.29, 0.717) is 29.9 Å². The first kappa shape index (κ1) is 47.5. The summed E-state index contributed by atoms with van der Waals surface area (Å²) in [6, 6.07) is 17.1. The molecule has 1 heterocycles. The van der Waals surface area contributed by atoms with Crippen molar-refractivity contribution in [3.05, 3.63) is 93.8 Å². The molecule has 326 valence electrons. The topological polar surface area (TPSA) is 304 Å². The molecule has 0 aliphatic carbocycles. The van der Waals surface area contributed by atoms with Gasteiger partial charge in [0.2, 0.25) is 10.0 Å². The highest BCUT2D eigenvalue weighted by Crippen LogP contribution is 2.31. The summed E-state index contributed by atoms with van der Waals surface area (Å²) >= 11 is 6.57. The van der Waals surface area contributed by atoms with E-state index in [0.717, 1.165) is 68.1 Å². The van der Waals surface area contributed by atoms with E-state index in [4.69, 9.17) is 32.8 Å². The maximum atomic E-state index is 12.4. The molecule has 0 unspecified atom stereocenters. The number of amides is 1. The molecule has 1 amide bonds. The van der Waals surface area contributed by atoms with Gasteiger partial charge in [0.05, 0.1) is 36.9 Å². The molecule has 0 saturated heterocycles. The van der Waals surface area contributed by atoms with Crippen LogP contribution in [0.5, 0.6) is 11.5 Å². The smallest absolute Gasteiger partial charge is 0.280 e. The highest BCUT2D eigenvalue weighted by Gasteiger charge is 2.21. The third kappa shape index (κ3) is 15.5. The van der Waals surface area contributed by atoms with E-state index in [2.05, 4.69) is 59.2 Å². The largest absolute Gasteiger partial charge is 0.506 e. The maximum absolute atomic E-state index is 12.4. The molecule has 0 saturated carbocycles. The van der Waals surface area contributed by atoms with E-state index in [1.807, 2.05) is 4.90 Å². The van der Waals surface area contributed by atoms with Crippen molar-refractivity contribution in [2.45, 2.75) is 50.7 Å². The Hall–Kier alpha value is -5.13. The molecule has 0 aliphatic rings. The van der Waals surface area contributed by atoms with Crippen molar-refractivity contribution in [3.63, 3.8) is 0 Å². The summed E-state index contributed by atoms with van der Waals surface area (Å²) in [5.74, 6) is -1.59. The van der Waals surface area contributed by atoms with Crippen LogP contribution >= 0.6 is 23.8 Å². The number of phenolic OH excluding ortho intramolecular Hbond substituents is 2. The zero-order chi connectivity index (χ0) is 43.8. The zero-order valence-electron chi connectivity index (χ0n) is 33.0. The zero-order valence-corrected chi connectivity index (χ0v) is 35.4. The number of aromatic nitrogens is 2. The second kappa shape index (κ2) is 23.0. The predicted octanol–water partition coefficient (Wildman–Crippen LogP) is 4.00. The molecule has 19 nitrogen and oxygen atoms in total. The van der Waals surface area contributed by atoms with Crippen molar-refractivity contribution < 1.29 is 42.9 Å². The van der Waals surface area contributed by atoms with Crippen LogP contribution in [0.3, 0.4) is 0 Å². The fourth-order valence-corrected chi connectivity index (χ4v) is 7.01. The lowest BCUT2D eigenvalue weighted by molar-refractivity contribution is -0.159. The van der Waals surface area contributed by atoms with E-state index in [1.165, 1.54) is 31.4 Å². The molecule has 4 rings (SSSR count). The van der Waals surface area contributed by atoms with Crippen molar-refractivity contribution in [1.82, 2.24) is 25.5 Å². The Kier molecular flexibility index (Phi) is 18.2. The van der Waals surface area contributed by atoms with Gasteiger partial charge >= 0.3 is 0 Å². The third-order valence-electron chi connectivity index (χ3n) is 8.99. The van der Waals surface area contributed by atoms with E-state index >= 15 is 0 Å². The number of hydrogen-bond donors (Lipinski definition) is 11. The number of benzene rings is 3. The minimum absolute atomic E-state index is 0.0623. The first-order valence-electron chi connectivity index (χ1n) is 18.7. The van der Waals surface area contributed by atoms with Crippen LogP contribution < -0.4 is 31.5 Å². The number of phenols is 2. The number of guanidine groups is 1. The molecule has 22 heteroatoms. The van der Waals surface area contributed by atoms with Crippen LogP contribution in [0, 0.1) is 5.41 Å². The maximum Gasteiger partial charge on any atom is 0.280 e. The average Bonchev–Trinajstić information content (AvgIpc) is 3.19. The minimum atomic E-state index is -3.69. The number of halogens is 1. The van der Waals surface area contributed by atoms with Crippen LogP contribution in [-0.2, 0) is 32.1 Å². The molecule has 1 aromatic heterocycles. The Bertz CT molecular complexity index is 2170. The number of sulfonamides is 1. The molecule has 0 aliphatic heterocycles. The number of nitrogens with zero attached hydrogens (tertiary/aromatic N) is 3. The van der Waals surface area contributed by atoms with Gasteiger partial charge in [-0.3, -0.25) is 25.1 Å². The quantitative estimate of drug-likeness (QED) is 0.00733. The fraction of sp³-hybridized carbons (Fsp3) is 0.368. The number of hydrogen-bond acceptors (Lipinski definition) is 17. The molecule has 0 bridgehead atoms. The third-order valence-corrected chi connectivity index (χ3v) is 10.4. The van der Waals surface area contributed by atoms with E-state index in [-0.39, 0.29) is 58.7 Å². The van der Waals surface area contributed by atoms with Crippen molar-refractivity contribution in [2.24, 2.45) is 0 Å². The number of unbranched alkanes of at least 4 members (excludes halogenated alkanes) is 2. The average molecular weight is 891 g/mol. The minimum Gasteiger partial charge on any atom is -0.506 e. The summed E-state index contributed by atoms with van der Waals surface area (Å²) in [5.41, 5.74) is 14.4. The number of aliphatic hydroxyl groups excluding tert-OH is 2. The number of carbonyl (C=O) groups excluding carboxylic acids is 1. The van der Waals surface area contributed by atoms with Crippen molar-refractivity contribution >= 4 is 68.7 Å². The van der Waals surface area contributed by atoms with Crippen LogP contribution in [0.25, 0.3) is 0 Å². The lowest BCUT2D eigenvalue weighted by Crippen LogP contribution is -2.41. The number of nitrogen functional groups attached to an aromatic ring is 2. The first-order chi connectivity index (χ1) is 28.5. The molecule has 13 N–H and O–H groups in total. The molecular formula is C38H51ClN10O9S2. The van der Waals surface area contributed by atoms with Gasteiger partial charge in [0, 0.05) is 19.6 Å². The van der Waals surface area contributed by atoms with Gasteiger partial charge in [-0.2, -0.15) is 0 Å². The van der Waals surface area contributed by atoms with Crippen LogP contribution in [0.1, 0.15) is 70.6 Å². The van der Waals surface area contributed by atoms with Gasteiger partial charge in [0.15, 0.2) is 28.4 Å². The highest BCUT2D eigenvalue weighted by molar-refractivity contribution is 7.95.